The van der Waals surface area contributed by atoms with E-state index in [-0.39, 0.29) is 30.3 Å². The van der Waals surface area contributed by atoms with Crippen LogP contribution in [0.4, 0.5) is 0 Å². The highest BCUT2D eigenvalue weighted by Crippen LogP contribution is 2.49. The molecule has 0 radical (unpaired) electrons. The van der Waals surface area contributed by atoms with Crippen molar-refractivity contribution in [2.45, 2.75) is 57.4 Å². The number of amides is 1. The van der Waals surface area contributed by atoms with Gasteiger partial charge in [0.1, 0.15) is 0 Å². The molecule has 1 N–H and O–H groups in total. The quantitative estimate of drug-likeness (QED) is 0.580. The summed E-state index contributed by atoms with van der Waals surface area (Å²) in [6.07, 6.45) is 5.23. The molecule has 1 aromatic rings. The van der Waals surface area contributed by atoms with Crippen molar-refractivity contribution >= 4 is 23.6 Å². The SMILES string of the molecule is Cc1ccc(C)c(SCC(=O)OCC(=O)NC(C)C2CC3CCC2C3)c1. The molecule has 1 amide bonds. The molecule has 5 heteroatoms. The number of carbonyl (C=O) groups is 2. The van der Waals surface area contributed by atoms with Gasteiger partial charge in [-0.25, -0.2) is 0 Å². The van der Waals surface area contributed by atoms with Crippen LogP contribution in [-0.4, -0.2) is 30.3 Å². The molecule has 0 heterocycles. The molecular formula is C21H29NO3S. The molecule has 4 atom stereocenters. The van der Waals surface area contributed by atoms with Gasteiger partial charge in [-0.05, 0) is 69.4 Å². The van der Waals surface area contributed by atoms with E-state index >= 15 is 0 Å². The van der Waals surface area contributed by atoms with E-state index in [0.717, 1.165) is 22.3 Å². The van der Waals surface area contributed by atoms with Crippen LogP contribution in [0.5, 0.6) is 0 Å². The minimum Gasteiger partial charge on any atom is -0.455 e. The van der Waals surface area contributed by atoms with Gasteiger partial charge >= 0.3 is 5.97 Å². The predicted molar refractivity (Wildman–Crippen MR) is 104 cm³/mol. The standard InChI is InChI=1S/C21H29NO3S/c1-13-4-5-14(2)19(8-13)26-12-21(24)25-11-20(23)22-15(3)18-10-16-6-7-17(18)9-16/h4-5,8,15-18H,6-7,9-12H2,1-3H3,(H,22,23). The third kappa shape index (κ3) is 4.81. The Hall–Kier alpha value is -1.49. The third-order valence-electron chi connectivity index (χ3n) is 5.88. The molecule has 0 aliphatic heterocycles. The fraction of sp³-hybridized carbons (Fsp3) is 0.619. The van der Waals surface area contributed by atoms with Crippen LogP contribution in [0.1, 0.15) is 43.7 Å². The van der Waals surface area contributed by atoms with Gasteiger partial charge in [0.15, 0.2) is 6.61 Å². The van der Waals surface area contributed by atoms with Crippen molar-refractivity contribution in [2.24, 2.45) is 17.8 Å². The Balaban J connectivity index is 1.37. The van der Waals surface area contributed by atoms with E-state index < -0.39 is 0 Å². The lowest BCUT2D eigenvalue weighted by atomic mass is 9.84. The second-order valence-corrected chi connectivity index (χ2v) is 8.93. The lowest BCUT2D eigenvalue weighted by Gasteiger charge is -2.28. The number of ether oxygens (including phenoxy) is 1. The molecule has 0 aromatic heterocycles. The van der Waals surface area contributed by atoms with Crippen molar-refractivity contribution in [3.63, 3.8) is 0 Å². The van der Waals surface area contributed by atoms with E-state index in [1.165, 1.54) is 43.0 Å². The van der Waals surface area contributed by atoms with Crippen LogP contribution < -0.4 is 5.32 Å². The minimum absolute atomic E-state index is 0.167. The minimum atomic E-state index is -0.348. The summed E-state index contributed by atoms with van der Waals surface area (Å²) in [5.41, 5.74) is 2.31. The Bertz CT molecular complexity index is 675. The summed E-state index contributed by atoms with van der Waals surface area (Å²) < 4.78 is 5.15. The van der Waals surface area contributed by atoms with E-state index in [2.05, 4.69) is 24.4 Å². The molecule has 142 valence electrons. The zero-order valence-corrected chi connectivity index (χ0v) is 16.7. The zero-order valence-electron chi connectivity index (χ0n) is 15.9. The number of fused-ring (bicyclic) bond motifs is 2. The second-order valence-electron chi connectivity index (χ2n) is 7.91. The summed E-state index contributed by atoms with van der Waals surface area (Å²) in [7, 11) is 0. The van der Waals surface area contributed by atoms with Gasteiger partial charge in [-0.3, -0.25) is 9.59 Å². The molecule has 1 aromatic carbocycles. The molecule has 0 spiro atoms. The maximum Gasteiger partial charge on any atom is 0.316 e. The maximum absolute atomic E-state index is 12.1. The average molecular weight is 376 g/mol. The third-order valence-corrected chi connectivity index (χ3v) is 7.01. The molecular weight excluding hydrogens is 346 g/mol. The highest BCUT2D eigenvalue weighted by molar-refractivity contribution is 8.00. The van der Waals surface area contributed by atoms with Crippen LogP contribution in [0, 0.1) is 31.6 Å². The van der Waals surface area contributed by atoms with Crippen LogP contribution in [0.3, 0.4) is 0 Å². The van der Waals surface area contributed by atoms with Crippen molar-refractivity contribution in [3.8, 4) is 0 Å². The largest absolute Gasteiger partial charge is 0.455 e. The normalized spacial score (nSPS) is 25.1. The number of thioether (sulfide) groups is 1. The molecule has 26 heavy (non-hydrogen) atoms. The smallest absolute Gasteiger partial charge is 0.316 e. The predicted octanol–water partition coefficient (Wildman–Crippen LogP) is 3.88. The number of hydrogen-bond donors (Lipinski definition) is 1. The zero-order chi connectivity index (χ0) is 18.7. The molecule has 4 unspecified atom stereocenters. The highest BCUT2D eigenvalue weighted by atomic mass is 32.2. The van der Waals surface area contributed by atoms with E-state index in [1.807, 2.05) is 19.9 Å². The first-order valence-electron chi connectivity index (χ1n) is 9.57. The molecule has 2 saturated carbocycles. The number of rotatable bonds is 7. The fourth-order valence-corrected chi connectivity index (χ4v) is 5.42. The molecule has 2 aliphatic carbocycles. The summed E-state index contributed by atoms with van der Waals surface area (Å²) in [6.45, 7) is 5.96. The highest BCUT2D eigenvalue weighted by Gasteiger charge is 2.42. The summed E-state index contributed by atoms with van der Waals surface area (Å²) in [5.74, 6) is 1.91. The van der Waals surface area contributed by atoms with Crippen LogP contribution in [-0.2, 0) is 14.3 Å². The summed E-state index contributed by atoms with van der Waals surface area (Å²) >= 11 is 1.46. The Morgan fingerprint density at radius 1 is 1.27 bits per heavy atom. The van der Waals surface area contributed by atoms with Gasteiger partial charge < -0.3 is 10.1 Å². The fourth-order valence-electron chi connectivity index (χ4n) is 4.50. The molecule has 2 bridgehead atoms. The van der Waals surface area contributed by atoms with Crippen molar-refractivity contribution < 1.29 is 14.3 Å². The van der Waals surface area contributed by atoms with Crippen molar-refractivity contribution in [3.05, 3.63) is 29.3 Å². The first-order chi connectivity index (χ1) is 12.4. The first-order valence-corrected chi connectivity index (χ1v) is 10.6. The summed E-state index contributed by atoms with van der Waals surface area (Å²) in [5, 5.41) is 3.03. The second kappa shape index (κ2) is 8.47. The van der Waals surface area contributed by atoms with E-state index in [0.29, 0.717) is 5.92 Å². The van der Waals surface area contributed by atoms with Gasteiger partial charge in [0.2, 0.25) is 0 Å². The molecule has 0 saturated heterocycles. The van der Waals surface area contributed by atoms with Gasteiger partial charge in [0, 0.05) is 10.9 Å². The Morgan fingerprint density at radius 2 is 2.08 bits per heavy atom. The number of esters is 1. The van der Waals surface area contributed by atoms with Gasteiger partial charge in [-0.15, -0.1) is 11.8 Å². The Labute approximate surface area is 160 Å². The molecule has 4 nitrogen and oxygen atoms in total. The van der Waals surface area contributed by atoms with Gasteiger partial charge in [0.25, 0.3) is 5.91 Å². The number of benzene rings is 1. The first kappa shape index (κ1) is 19.3. The van der Waals surface area contributed by atoms with Gasteiger partial charge in [-0.1, -0.05) is 24.1 Å². The van der Waals surface area contributed by atoms with Crippen LogP contribution in [0.25, 0.3) is 0 Å². The molecule has 2 fully saturated rings. The topological polar surface area (TPSA) is 55.4 Å². The summed E-state index contributed by atoms with van der Waals surface area (Å²) in [6, 6.07) is 6.34. The van der Waals surface area contributed by atoms with Crippen LogP contribution >= 0.6 is 11.8 Å². The van der Waals surface area contributed by atoms with E-state index in [4.69, 9.17) is 4.74 Å². The lowest BCUT2D eigenvalue weighted by molar-refractivity contribution is -0.146. The van der Waals surface area contributed by atoms with Crippen molar-refractivity contribution in [1.29, 1.82) is 0 Å². The van der Waals surface area contributed by atoms with Crippen molar-refractivity contribution in [1.82, 2.24) is 5.32 Å². The summed E-state index contributed by atoms with van der Waals surface area (Å²) in [4.78, 5) is 25.1. The monoisotopic (exact) mass is 375 g/mol. The molecule has 3 rings (SSSR count). The number of nitrogens with one attached hydrogen (secondary N) is 1. The maximum atomic E-state index is 12.1. The van der Waals surface area contributed by atoms with Crippen LogP contribution in [0.15, 0.2) is 23.1 Å². The van der Waals surface area contributed by atoms with E-state index in [1.54, 1.807) is 0 Å². The Kier molecular flexibility index (Phi) is 6.28. The Morgan fingerprint density at radius 3 is 2.77 bits per heavy atom. The number of aryl methyl sites for hydroxylation is 2. The molecule has 2 aliphatic rings. The number of carbonyl (C=O) groups excluding carboxylic acids is 2. The van der Waals surface area contributed by atoms with Gasteiger partial charge in [-0.2, -0.15) is 0 Å². The lowest BCUT2D eigenvalue weighted by Crippen LogP contribution is -2.42. The van der Waals surface area contributed by atoms with E-state index in [9.17, 15) is 9.59 Å². The van der Waals surface area contributed by atoms with Crippen LogP contribution in [0.2, 0.25) is 0 Å². The number of hydrogen-bond acceptors (Lipinski definition) is 4. The average Bonchev–Trinajstić information content (AvgIpc) is 3.24. The van der Waals surface area contributed by atoms with Gasteiger partial charge in [0.05, 0.1) is 5.75 Å². The van der Waals surface area contributed by atoms with Crippen molar-refractivity contribution in [2.75, 3.05) is 12.4 Å².